The average Bonchev–Trinajstić information content (AvgIpc) is 4.58. The summed E-state index contributed by atoms with van der Waals surface area (Å²) in [7, 11) is 0. The number of rotatable bonds is 0. The minimum Gasteiger partial charge on any atom is -0.493 e. The molecule has 10 heteroatoms. The maximum Gasteiger partial charge on any atom is 0.161 e. The quantitative estimate of drug-likeness (QED) is 0.162. The van der Waals surface area contributed by atoms with Crippen LogP contribution in [0.2, 0.25) is 0 Å². The highest BCUT2D eigenvalue weighted by atomic mass is 32.2. The number of H-pyrrole nitrogens is 1. The van der Waals surface area contributed by atoms with Crippen LogP contribution >= 0.6 is 23.1 Å². The van der Waals surface area contributed by atoms with Gasteiger partial charge in [-0.2, -0.15) is 0 Å². The first-order chi connectivity index (χ1) is 42.7. The van der Waals surface area contributed by atoms with Crippen LogP contribution in [0, 0.1) is 0 Å². The summed E-state index contributed by atoms with van der Waals surface area (Å²) in [6.45, 7) is 7.29. The largest absolute Gasteiger partial charge is 0.493 e. The van der Waals surface area contributed by atoms with Crippen LogP contribution in [-0.4, -0.2) is 69.2 Å². The maximum atomic E-state index is 5.42. The number of ether oxygens (including phenoxy) is 6. The number of hydrogen-bond acceptors (Lipinski definition) is 9. The van der Waals surface area contributed by atoms with Crippen LogP contribution in [-0.2, 0) is 80.3 Å². The number of benzene rings is 6. The Hall–Kier alpha value is -6.82. The monoisotopic (exact) mass is 1190 g/mol. The molecule has 0 bridgehead atoms. The molecule has 8 nitrogen and oxygen atoms in total. The van der Waals surface area contributed by atoms with E-state index in [1.807, 2.05) is 77.8 Å². The lowest BCUT2D eigenvalue weighted by Crippen LogP contribution is -2.16. The van der Waals surface area contributed by atoms with E-state index in [0.29, 0.717) is 13.2 Å². The van der Waals surface area contributed by atoms with E-state index in [1.54, 1.807) is 38.3 Å². The zero-order valence-corrected chi connectivity index (χ0v) is 52.1. The van der Waals surface area contributed by atoms with Gasteiger partial charge in [0.2, 0.25) is 0 Å². The Kier molecular flexibility index (Phi) is 25.4. The smallest absolute Gasteiger partial charge is 0.161 e. The van der Waals surface area contributed by atoms with Gasteiger partial charge in [-0.1, -0.05) is 121 Å². The van der Waals surface area contributed by atoms with Crippen molar-refractivity contribution in [1.82, 2.24) is 4.98 Å². The molecule has 3 aliphatic carbocycles. The fourth-order valence-corrected chi connectivity index (χ4v) is 13.9. The van der Waals surface area contributed by atoms with Gasteiger partial charge in [0.1, 0.15) is 24.7 Å². The molecule has 0 atom stereocenters. The van der Waals surface area contributed by atoms with Gasteiger partial charge in [-0.15, -0.1) is 23.1 Å². The molecule has 6 aromatic carbocycles. The predicted molar refractivity (Wildman–Crippen MR) is 356 cm³/mol. The molecule has 450 valence electrons. The molecule has 0 saturated carbocycles. The highest BCUT2D eigenvalue weighted by Gasteiger charge is 2.17. The van der Waals surface area contributed by atoms with E-state index in [2.05, 4.69) is 131 Å². The summed E-state index contributed by atoms with van der Waals surface area (Å²) in [5, 5.41) is 2.22. The van der Waals surface area contributed by atoms with E-state index in [1.165, 1.54) is 141 Å². The number of thiophene rings is 1. The van der Waals surface area contributed by atoms with Crippen LogP contribution in [0.5, 0.6) is 23.0 Å². The molecule has 0 amide bonds. The lowest BCUT2D eigenvalue weighted by molar-refractivity contribution is 0.110. The minimum absolute atomic E-state index is 0.664. The fourth-order valence-electron chi connectivity index (χ4n) is 11.9. The Morgan fingerprint density at radius 1 is 0.360 bits per heavy atom. The molecule has 0 radical (unpaired) electrons. The summed E-state index contributed by atoms with van der Waals surface area (Å²) in [5.74, 6) is 5.17. The van der Waals surface area contributed by atoms with Crippen molar-refractivity contribution in [2.45, 2.75) is 133 Å². The van der Waals surface area contributed by atoms with E-state index in [9.17, 15) is 0 Å². The second kappa shape index (κ2) is 35.1. The summed E-state index contributed by atoms with van der Waals surface area (Å²) in [5.41, 5.74) is 17.4. The topological polar surface area (TPSA) is 83.5 Å². The van der Waals surface area contributed by atoms with E-state index in [-0.39, 0.29) is 0 Å². The molecule has 86 heavy (non-hydrogen) atoms. The van der Waals surface area contributed by atoms with Crippen molar-refractivity contribution in [2.75, 3.05) is 58.5 Å². The first-order valence-electron chi connectivity index (χ1n) is 31.9. The summed E-state index contributed by atoms with van der Waals surface area (Å²) in [4.78, 5) is 10.6. The van der Waals surface area contributed by atoms with Gasteiger partial charge in [0.05, 0.1) is 46.2 Å². The molecule has 2 aromatic heterocycles. The van der Waals surface area contributed by atoms with Crippen molar-refractivity contribution in [2.24, 2.45) is 4.99 Å². The van der Waals surface area contributed by atoms with Gasteiger partial charge in [0.25, 0.3) is 0 Å². The SMILES string of the molecule is C1=C2COCCC2=NC1.c1cc2c([nH]1)CCOC2.c1cc2c(s1)CCCC2.c1ccc2c(c1)CCC2.c1ccc2c(c1)CCCC2.c1ccc2c(c1)CCCO2.c1ccc2c(c1)CCCO2.c1ccc2c(c1)CCCS2.c1ccc2c(c1)OCCO2. The van der Waals surface area contributed by atoms with Gasteiger partial charge in [-0.25, -0.2) is 0 Å². The van der Waals surface area contributed by atoms with Crippen molar-refractivity contribution in [3.05, 3.63) is 242 Å². The Morgan fingerprint density at radius 2 is 0.849 bits per heavy atom. The van der Waals surface area contributed by atoms with E-state index in [0.717, 1.165) is 94.9 Å². The lowest BCUT2D eigenvalue weighted by atomic mass is 9.92. The molecule has 8 aromatic rings. The molecular weight excluding hydrogens is 1100 g/mol. The number of hydrogen-bond donors (Lipinski definition) is 1. The first-order valence-corrected chi connectivity index (χ1v) is 33.8. The van der Waals surface area contributed by atoms with E-state index >= 15 is 0 Å². The second-order valence-corrected chi connectivity index (χ2v) is 24.7. The summed E-state index contributed by atoms with van der Waals surface area (Å²) < 4.78 is 31.9. The van der Waals surface area contributed by atoms with E-state index < -0.39 is 0 Å². The number of para-hydroxylation sites is 4. The number of aliphatic imine (C=N–C) groups is 1. The number of aromatic nitrogens is 1. The van der Waals surface area contributed by atoms with Crippen LogP contribution < -0.4 is 18.9 Å². The van der Waals surface area contributed by atoms with Crippen LogP contribution in [0.3, 0.4) is 0 Å². The predicted octanol–water partition coefficient (Wildman–Crippen LogP) is 17.4. The van der Waals surface area contributed by atoms with Gasteiger partial charge in [0.15, 0.2) is 11.5 Å². The van der Waals surface area contributed by atoms with Crippen molar-refractivity contribution >= 4 is 28.8 Å². The van der Waals surface area contributed by atoms with Crippen LogP contribution in [0.1, 0.15) is 118 Å². The summed E-state index contributed by atoms with van der Waals surface area (Å²) in [6, 6.07) is 54.8. The third kappa shape index (κ3) is 19.6. The van der Waals surface area contributed by atoms with Crippen LogP contribution in [0.25, 0.3) is 0 Å². The molecule has 9 heterocycles. The molecular formula is C76H88N2O6S2. The number of aromatic amines is 1. The van der Waals surface area contributed by atoms with Gasteiger partial charge in [0, 0.05) is 40.2 Å². The fraction of sp³-hybridized carbons (Fsp3) is 0.382. The molecule has 1 N–H and O–H groups in total. The Morgan fingerprint density at radius 3 is 1.43 bits per heavy atom. The van der Waals surface area contributed by atoms with Crippen molar-refractivity contribution in [1.29, 1.82) is 0 Å². The van der Waals surface area contributed by atoms with Gasteiger partial charge >= 0.3 is 0 Å². The van der Waals surface area contributed by atoms with Crippen LogP contribution in [0.4, 0.5) is 0 Å². The van der Waals surface area contributed by atoms with Crippen molar-refractivity contribution in [3.8, 4) is 23.0 Å². The molecule has 0 unspecified atom stereocenters. The lowest BCUT2D eigenvalue weighted by Gasteiger charge is -2.17. The zero-order chi connectivity index (χ0) is 58.5. The molecule has 10 aliphatic rings. The van der Waals surface area contributed by atoms with E-state index in [4.69, 9.17) is 28.4 Å². The van der Waals surface area contributed by atoms with Gasteiger partial charge in [-0.3, -0.25) is 4.99 Å². The second-order valence-electron chi connectivity index (χ2n) is 22.6. The zero-order valence-electron chi connectivity index (χ0n) is 50.5. The van der Waals surface area contributed by atoms with Gasteiger partial charge in [-0.05, 0) is 218 Å². The third-order valence-corrected chi connectivity index (χ3v) is 18.8. The highest BCUT2D eigenvalue weighted by molar-refractivity contribution is 7.99. The first kappa shape index (κ1) is 62.2. The summed E-state index contributed by atoms with van der Waals surface area (Å²) >= 11 is 3.91. The number of nitrogens with one attached hydrogen (secondary N) is 1. The number of aryl methyl sites for hydroxylation is 9. The Balaban J connectivity index is 0.000000107. The number of nitrogens with zero attached hydrogens (tertiary/aromatic N) is 1. The average molecular weight is 1190 g/mol. The molecule has 1 fully saturated rings. The highest BCUT2D eigenvalue weighted by Crippen LogP contribution is 2.31. The normalized spacial score (nSPS) is 17.0. The summed E-state index contributed by atoms with van der Waals surface area (Å²) in [6.07, 6.45) is 28.3. The molecule has 0 spiro atoms. The molecule has 18 rings (SSSR count). The molecule has 1 saturated heterocycles. The standard InChI is InChI=1S/C10H12.2C9H10O.C9H10S.C9H10.C8H8O2.C8H10S.2C7H9NO/c1-2-6-10-8-4-3-7-9(10)5-1;3*1-2-6-9-8(4-1)5-3-7-10-9;1-2-5-9-7-3-6-8(9)4-1;1-2-4-8-7(3-1)9-5-6-10-8;1-2-4-8-7(3-1)5-6-9-8;2*1-3-8-7-2-4-9-5-6(1)7/h1-2,5-6H,3-4,7-8H2;3*1-2,4,6H,3,5,7H2;1-2,4-5H,3,6-7H2;1-4H,5-6H2;5-6H,1-4H2;1H,2-5H2;1,3,8H,2,4-5H2. The van der Waals surface area contributed by atoms with Crippen LogP contribution in [0.15, 0.2) is 191 Å². The number of fused-ring (bicyclic) bond motifs is 9. The molecule has 7 aliphatic heterocycles. The number of thioether (sulfide) groups is 1. The Bertz CT molecular complexity index is 2800. The van der Waals surface area contributed by atoms with Crippen molar-refractivity contribution in [3.63, 3.8) is 0 Å². The third-order valence-electron chi connectivity index (χ3n) is 16.5. The van der Waals surface area contributed by atoms with Gasteiger partial charge < -0.3 is 33.4 Å². The minimum atomic E-state index is 0.664. The Labute approximate surface area is 520 Å². The maximum absolute atomic E-state index is 5.42. The van der Waals surface area contributed by atoms with Crippen molar-refractivity contribution < 1.29 is 28.4 Å².